The molecule has 0 amide bonds. The Balaban J connectivity index is 2.59. The Kier molecular flexibility index (Phi) is 4.69. The number of hydrogen-bond donors (Lipinski definition) is 2. The first-order valence-electron chi connectivity index (χ1n) is 5.14. The third kappa shape index (κ3) is 4.45. The molecule has 0 heterocycles. The number of aryl methyl sites for hydroxylation is 1. The van der Waals surface area contributed by atoms with Gasteiger partial charge in [-0.05, 0) is 17.5 Å². The average Bonchev–Trinajstić information content (AvgIpc) is 2.25. The molecule has 2 N–H and O–H groups in total. The van der Waals surface area contributed by atoms with Crippen LogP contribution in [-0.4, -0.2) is 23.3 Å². The molecule has 0 radical (unpaired) electrons. The third-order valence-electron chi connectivity index (χ3n) is 2.24. The zero-order valence-corrected chi connectivity index (χ0v) is 10.4. The van der Waals surface area contributed by atoms with Crippen molar-refractivity contribution in [2.45, 2.75) is 19.4 Å². The highest BCUT2D eigenvalue weighted by molar-refractivity contribution is 7.51. The molecule has 1 rings (SSSR count). The summed E-state index contributed by atoms with van der Waals surface area (Å²) in [6.45, 7) is 2.98. The molecule has 5 heteroatoms. The molecule has 90 valence electrons. The van der Waals surface area contributed by atoms with Gasteiger partial charge in [0.05, 0.1) is 6.61 Å². The van der Waals surface area contributed by atoms with Crippen molar-refractivity contribution in [2.75, 3.05) is 13.3 Å². The Hall–Kier alpha value is -0.670. The molecule has 0 spiro atoms. The van der Waals surface area contributed by atoms with Gasteiger partial charge in [0.1, 0.15) is 6.10 Å². The summed E-state index contributed by atoms with van der Waals surface area (Å²) >= 11 is 0. The molecule has 1 aromatic carbocycles. The number of aliphatic hydroxyl groups is 1. The van der Waals surface area contributed by atoms with Crippen LogP contribution in [0, 0.1) is 0 Å². The second kappa shape index (κ2) is 5.60. The van der Waals surface area contributed by atoms with E-state index in [-0.39, 0.29) is 6.61 Å². The van der Waals surface area contributed by atoms with Crippen LogP contribution in [0.5, 0.6) is 0 Å². The largest absolute Gasteiger partial charge is 0.386 e. The van der Waals surface area contributed by atoms with Crippen LogP contribution < -0.4 is 0 Å². The van der Waals surface area contributed by atoms with Gasteiger partial charge >= 0.3 is 7.60 Å². The van der Waals surface area contributed by atoms with E-state index < -0.39 is 13.7 Å². The van der Waals surface area contributed by atoms with E-state index in [1.807, 2.05) is 19.1 Å². The van der Waals surface area contributed by atoms with Gasteiger partial charge in [-0.1, -0.05) is 31.2 Å². The van der Waals surface area contributed by atoms with E-state index in [0.29, 0.717) is 5.56 Å². The Bertz CT molecular complexity index is 368. The lowest BCUT2D eigenvalue weighted by molar-refractivity contribution is 0.101. The van der Waals surface area contributed by atoms with E-state index in [0.717, 1.165) is 13.1 Å². The summed E-state index contributed by atoms with van der Waals surface area (Å²) in [5, 5.41) is 9.69. The molecule has 0 aliphatic rings. The maximum absolute atomic E-state index is 10.9. The molecule has 0 bridgehead atoms. The molecule has 0 saturated carbocycles. The second-order valence-electron chi connectivity index (χ2n) is 3.71. The van der Waals surface area contributed by atoms with Crippen LogP contribution >= 0.6 is 7.60 Å². The van der Waals surface area contributed by atoms with E-state index in [9.17, 15) is 9.67 Å². The zero-order valence-electron chi connectivity index (χ0n) is 9.46. The Morgan fingerprint density at radius 3 is 2.38 bits per heavy atom. The topological polar surface area (TPSA) is 66.8 Å². The maximum atomic E-state index is 10.9. The molecule has 2 unspecified atom stereocenters. The number of aliphatic hydroxyl groups excluding tert-OH is 1. The summed E-state index contributed by atoms with van der Waals surface area (Å²) in [4.78, 5) is 8.92. The highest BCUT2D eigenvalue weighted by Crippen LogP contribution is 2.37. The number of rotatable bonds is 5. The van der Waals surface area contributed by atoms with Crippen molar-refractivity contribution in [3.63, 3.8) is 0 Å². The summed E-state index contributed by atoms with van der Waals surface area (Å²) in [7, 11) is -3.52. The maximum Gasteiger partial charge on any atom is 0.325 e. The van der Waals surface area contributed by atoms with Crippen molar-refractivity contribution in [3.8, 4) is 0 Å². The molecule has 0 aliphatic heterocycles. The number of benzene rings is 1. The van der Waals surface area contributed by atoms with Crippen molar-refractivity contribution in [1.29, 1.82) is 0 Å². The third-order valence-corrected chi connectivity index (χ3v) is 2.87. The Labute approximate surface area is 95.4 Å². The minimum atomic E-state index is -3.52. The fourth-order valence-electron chi connectivity index (χ4n) is 1.28. The van der Waals surface area contributed by atoms with Crippen LogP contribution in [0.4, 0.5) is 0 Å². The SMILES string of the molecule is CCc1ccc(C(O)COP(C)(=O)O)cc1. The van der Waals surface area contributed by atoms with E-state index in [4.69, 9.17) is 4.89 Å². The average molecular weight is 244 g/mol. The molecular formula is C11H17O4P. The van der Waals surface area contributed by atoms with Crippen molar-refractivity contribution in [1.82, 2.24) is 0 Å². The van der Waals surface area contributed by atoms with Gasteiger partial charge in [0, 0.05) is 6.66 Å². The fourth-order valence-corrected chi connectivity index (χ4v) is 1.70. The fraction of sp³-hybridized carbons (Fsp3) is 0.455. The van der Waals surface area contributed by atoms with Crippen molar-refractivity contribution in [2.24, 2.45) is 0 Å². The Morgan fingerprint density at radius 1 is 1.38 bits per heavy atom. The highest BCUT2D eigenvalue weighted by atomic mass is 31.2. The lowest BCUT2D eigenvalue weighted by Gasteiger charge is -2.13. The molecule has 16 heavy (non-hydrogen) atoms. The highest BCUT2D eigenvalue weighted by Gasteiger charge is 2.14. The van der Waals surface area contributed by atoms with Crippen LogP contribution in [0.3, 0.4) is 0 Å². The Morgan fingerprint density at radius 2 is 1.94 bits per heavy atom. The quantitative estimate of drug-likeness (QED) is 0.778. The van der Waals surface area contributed by atoms with Gasteiger partial charge in [-0.15, -0.1) is 0 Å². The van der Waals surface area contributed by atoms with Gasteiger partial charge in [-0.2, -0.15) is 0 Å². The summed E-state index contributed by atoms with van der Waals surface area (Å²) in [5.74, 6) is 0. The molecule has 0 saturated heterocycles. The van der Waals surface area contributed by atoms with Crippen LogP contribution in [0.15, 0.2) is 24.3 Å². The molecule has 0 aromatic heterocycles. The molecule has 1 aromatic rings. The van der Waals surface area contributed by atoms with Crippen molar-refractivity contribution in [3.05, 3.63) is 35.4 Å². The predicted molar refractivity (Wildman–Crippen MR) is 62.5 cm³/mol. The van der Waals surface area contributed by atoms with Gasteiger partial charge < -0.3 is 14.5 Å². The lowest BCUT2D eigenvalue weighted by Crippen LogP contribution is -2.05. The van der Waals surface area contributed by atoms with Gasteiger partial charge in [0.15, 0.2) is 0 Å². The smallest absolute Gasteiger partial charge is 0.325 e. The van der Waals surface area contributed by atoms with E-state index in [2.05, 4.69) is 4.52 Å². The first kappa shape index (κ1) is 13.4. The van der Waals surface area contributed by atoms with Crippen LogP contribution in [0.2, 0.25) is 0 Å². The predicted octanol–water partition coefficient (Wildman–Crippen LogP) is 2.11. The molecule has 2 atom stereocenters. The standard InChI is InChI=1S/C11H17O4P/c1-3-9-4-6-10(7-5-9)11(12)8-15-16(2,13)14/h4-7,11-12H,3,8H2,1-2H3,(H,13,14). The second-order valence-corrected chi connectivity index (χ2v) is 5.57. The molecule has 4 nitrogen and oxygen atoms in total. The summed E-state index contributed by atoms with van der Waals surface area (Å²) in [6, 6.07) is 7.43. The van der Waals surface area contributed by atoms with Gasteiger partial charge in [-0.3, -0.25) is 4.57 Å². The van der Waals surface area contributed by atoms with E-state index in [1.165, 1.54) is 5.56 Å². The minimum Gasteiger partial charge on any atom is -0.386 e. The summed E-state index contributed by atoms with van der Waals surface area (Å²) in [6.07, 6.45) is 0.0690. The number of hydrogen-bond acceptors (Lipinski definition) is 3. The minimum absolute atomic E-state index is 0.171. The van der Waals surface area contributed by atoms with Crippen LogP contribution in [0.1, 0.15) is 24.2 Å². The molecule has 0 fully saturated rings. The normalized spacial score (nSPS) is 16.8. The van der Waals surface area contributed by atoms with Gasteiger partial charge in [0.2, 0.25) is 0 Å². The summed E-state index contributed by atoms with van der Waals surface area (Å²) < 4.78 is 15.5. The zero-order chi connectivity index (χ0) is 12.2. The molecular weight excluding hydrogens is 227 g/mol. The van der Waals surface area contributed by atoms with Crippen LogP contribution in [0.25, 0.3) is 0 Å². The van der Waals surface area contributed by atoms with E-state index in [1.54, 1.807) is 12.1 Å². The lowest BCUT2D eigenvalue weighted by atomic mass is 10.1. The molecule has 0 aliphatic carbocycles. The summed E-state index contributed by atoms with van der Waals surface area (Å²) in [5.41, 5.74) is 1.87. The van der Waals surface area contributed by atoms with Crippen molar-refractivity contribution < 1.29 is 19.1 Å². The first-order valence-corrected chi connectivity index (χ1v) is 7.16. The van der Waals surface area contributed by atoms with Gasteiger partial charge in [0.25, 0.3) is 0 Å². The van der Waals surface area contributed by atoms with E-state index >= 15 is 0 Å². The van der Waals surface area contributed by atoms with Crippen LogP contribution in [-0.2, 0) is 15.5 Å². The first-order chi connectivity index (χ1) is 7.42. The monoisotopic (exact) mass is 244 g/mol. The van der Waals surface area contributed by atoms with Crippen molar-refractivity contribution >= 4 is 7.60 Å². The van der Waals surface area contributed by atoms with Gasteiger partial charge in [-0.25, -0.2) is 0 Å².